The van der Waals surface area contributed by atoms with Gasteiger partial charge in [0.15, 0.2) is 0 Å². The Balaban J connectivity index is 4.43. The first kappa shape index (κ1) is 52.0. The summed E-state index contributed by atoms with van der Waals surface area (Å²) < 4.78 is 11.4. The minimum atomic E-state index is -0.944. The van der Waals surface area contributed by atoms with E-state index >= 15 is 0 Å². The Morgan fingerprint density at radius 1 is 0.444 bits per heavy atom. The zero-order chi connectivity index (χ0) is 39.6. The van der Waals surface area contributed by atoms with Gasteiger partial charge in [0.2, 0.25) is 6.29 Å². The molecule has 0 fully saturated rings. The van der Waals surface area contributed by atoms with Crippen molar-refractivity contribution < 1.29 is 29.0 Å². The summed E-state index contributed by atoms with van der Waals surface area (Å²) >= 11 is 0. The summed E-state index contributed by atoms with van der Waals surface area (Å²) in [5, 5.41) is 10.5. The molecule has 0 spiro atoms. The lowest BCUT2D eigenvalue weighted by molar-refractivity contribution is -0.189. The first-order valence-electron chi connectivity index (χ1n) is 23.3. The van der Waals surface area contributed by atoms with Crippen LogP contribution >= 0.6 is 0 Å². The molecule has 0 saturated carbocycles. The number of ether oxygens (including phenoxy) is 2. The molecule has 0 aromatic rings. The molecule has 1 N–H and O–H groups in total. The fourth-order valence-electron chi connectivity index (χ4n) is 6.92. The van der Waals surface area contributed by atoms with Gasteiger partial charge >= 0.3 is 11.9 Å². The van der Waals surface area contributed by atoms with Gasteiger partial charge in [-0.05, 0) is 83.5 Å². The summed E-state index contributed by atoms with van der Waals surface area (Å²) in [4.78, 5) is 37.2. The SMILES string of the molecule is CCCCCCCC/C=C\CCCCCCCC(=O)OC(CCCC(C=O)C(O)CCCCC)OC(=O)CCCCCCC/C=C\CCCCCCCC. The molecule has 0 aliphatic rings. The molecule has 0 saturated heterocycles. The van der Waals surface area contributed by atoms with Gasteiger partial charge < -0.3 is 19.4 Å². The molecule has 2 unspecified atom stereocenters. The van der Waals surface area contributed by atoms with E-state index in [2.05, 4.69) is 45.1 Å². The van der Waals surface area contributed by atoms with Crippen molar-refractivity contribution in [2.45, 2.75) is 258 Å². The normalized spacial score (nSPS) is 12.9. The second-order valence-electron chi connectivity index (χ2n) is 15.9. The van der Waals surface area contributed by atoms with Crippen LogP contribution in [0.4, 0.5) is 0 Å². The molecule has 316 valence electrons. The van der Waals surface area contributed by atoms with Crippen molar-refractivity contribution in [3.8, 4) is 0 Å². The van der Waals surface area contributed by atoms with Crippen LogP contribution in [0.5, 0.6) is 0 Å². The number of hydrogen-bond donors (Lipinski definition) is 1. The Morgan fingerprint density at radius 2 is 0.796 bits per heavy atom. The molecule has 2 atom stereocenters. The molecule has 0 heterocycles. The van der Waals surface area contributed by atoms with Crippen LogP contribution in [0.2, 0.25) is 0 Å². The van der Waals surface area contributed by atoms with Gasteiger partial charge in [-0.3, -0.25) is 9.59 Å². The number of carbonyl (C=O) groups is 3. The zero-order valence-corrected chi connectivity index (χ0v) is 35.9. The van der Waals surface area contributed by atoms with Gasteiger partial charge in [-0.2, -0.15) is 0 Å². The van der Waals surface area contributed by atoms with Gasteiger partial charge in [-0.15, -0.1) is 0 Å². The van der Waals surface area contributed by atoms with Crippen LogP contribution < -0.4 is 0 Å². The predicted octanol–water partition coefficient (Wildman–Crippen LogP) is 14.4. The third kappa shape index (κ3) is 37.0. The summed E-state index contributed by atoms with van der Waals surface area (Å²) in [6.07, 6.45) is 45.2. The topological polar surface area (TPSA) is 89.9 Å². The van der Waals surface area contributed by atoms with Crippen LogP contribution in [-0.4, -0.2) is 35.7 Å². The van der Waals surface area contributed by atoms with E-state index < -0.39 is 18.3 Å². The zero-order valence-electron chi connectivity index (χ0n) is 35.9. The highest BCUT2D eigenvalue weighted by molar-refractivity contribution is 5.71. The molecule has 6 heteroatoms. The molecule has 0 aliphatic heterocycles. The number of allylic oxidation sites excluding steroid dienone is 4. The molecule has 0 bridgehead atoms. The molecule has 0 aromatic carbocycles. The van der Waals surface area contributed by atoms with E-state index in [1.54, 1.807) is 0 Å². The lowest BCUT2D eigenvalue weighted by atomic mass is 9.93. The Bertz CT molecular complexity index is 828. The molecule has 54 heavy (non-hydrogen) atoms. The Morgan fingerprint density at radius 3 is 1.19 bits per heavy atom. The summed E-state index contributed by atoms with van der Waals surface area (Å²) in [5.74, 6) is -1.13. The number of unbranched alkanes of at least 4 members (excludes halogenated alkanes) is 24. The smallest absolute Gasteiger partial charge is 0.308 e. The molecular weight excluding hydrogens is 673 g/mol. The lowest BCUT2D eigenvalue weighted by Gasteiger charge is -2.21. The van der Waals surface area contributed by atoms with Crippen LogP contribution in [0, 0.1) is 5.92 Å². The van der Waals surface area contributed by atoms with E-state index in [4.69, 9.17) is 9.47 Å². The molecule has 0 radical (unpaired) electrons. The number of carbonyl (C=O) groups excluding carboxylic acids is 3. The van der Waals surface area contributed by atoms with Crippen LogP contribution in [0.15, 0.2) is 24.3 Å². The largest absolute Gasteiger partial charge is 0.425 e. The van der Waals surface area contributed by atoms with Crippen LogP contribution in [0.25, 0.3) is 0 Å². The summed E-state index contributed by atoms with van der Waals surface area (Å²) in [6.45, 7) is 6.63. The number of aliphatic hydroxyl groups excluding tert-OH is 1. The summed E-state index contributed by atoms with van der Waals surface area (Å²) in [5.41, 5.74) is 0. The highest BCUT2D eigenvalue weighted by atomic mass is 16.7. The maximum atomic E-state index is 12.8. The minimum absolute atomic E-state index is 0.313. The number of aldehydes is 1. The summed E-state index contributed by atoms with van der Waals surface area (Å²) in [6, 6.07) is 0. The van der Waals surface area contributed by atoms with E-state index in [1.807, 2.05) is 0 Å². The van der Waals surface area contributed by atoms with Crippen molar-refractivity contribution in [3.05, 3.63) is 24.3 Å². The van der Waals surface area contributed by atoms with Gasteiger partial charge in [0.25, 0.3) is 0 Å². The minimum Gasteiger partial charge on any atom is -0.425 e. The third-order valence-electron chi connectivity index (χ3n) is 10.6. The maximum Gasteiger partial charge on any atom is 0.308 e. The van der Waals surface area contributed by atoms with Crippen LogP contribution in [0.1, 0.15) is 245 Å². The summed E-state index contributed by atoms with van der Waals surface area (Å²) in [7, 11) is 0. The van der Waals surface area contributed by atoms with E-state index in [-0.39, 0.29) is 11.9 Å². The monoisotopic (exact) mass is 761 g/mol. The first-order valence-corrected chi connectivity index (χ1v) is 23.3. The average Bonchev–Trinajstić information content (AvgIpc) is 3.16. The van der Waals surface area contributed by atoms with Crippen molar-refractivity contribution in [1.82, 2.24) is 0 Å². The Labute approximate surface area is 334 Å². The molecule has 0 aliphatic carbocycles. The van der Waals surface area contributed by atoms with Crippen molar-refractivity contribution in [1.29, 1.82) is 0 Å². The van der Waals surface area contributed by atoms with Gasteiger partial charge in [0.05, 0.1) is 6.10 Å². The highest BCUT2D eigenvalue weighted by Crippen LogP contribution is 2.20. The molecule has 0 rings (SSSR count). The van der Waals surface area contributed by atoms with Crippen molar-refractivity contribution in [3.63, 3.8) is 0 Å². The fraction of sp³-hybridized carbons (Fsp3) is 0.854. The standard InChI is InChI=1S/C48H88O6/c1-4-7-10-12-14-16-18-20-22-24-26-28-30-32-35-40-46(51)53-48(42-37-38-44(43-49)45(50)39-34-9-6-3)54-47(52)41-36-33-31-29-27-25-23-21-19-17-15-13-11-8-5-2/h20-23,43-45,48,50H,4-19,24-42H2,1-3H3/b22-20-,23-21-. The van der Waals surface area contributed by atoms with Crippen molar-refractivity contribution >= 4 is 18.2 Å². The van der Waals surface area contributed by atoms with Crippen molar-refractivity contribution in [2.24, 2.45) is 5.92 Å². The molecule has 6 nitrogen and oxygen atoms in total. The van der Waals surface area contributed by atoms with Crippen molar-refractivity contribution in [2.75, 3.05) is 0 Å². The van der Waals surface area contributed by atoms with E-state index in [0.717, 1.165) is 89.8 Å². The highest BCUT2D eigenvalue weighted by Gasteiger charge is 2.22. The maximum absolute atomic E-state index is 12.8. The fourth-order valence-corrected chi connectivity index (χ4v) is 6.92. The quantitative estimate of drug-likeness (QED) is 0.0219. The Hall–Kier alpha value is -1.95. The number of rotatable bonds is 42. The number of hydrogen-bond acceptors (Lipinski definition) is 6. The second-order valence-corrected chi connectivity index (χ2v) is 15.9. The molecule has 0 amide bonds. The molecule has 0 aromatic heterocycles. The number of aliphatic hydroxyl groups is 1. The average molecular weight is 761 g/mol. The van der Waals surface area contributed by atoms with Crippen LogP contribution in [0.3, 0.4) is 0 Å². The number of esters is 2. The lowest BCUT2D eigenvalue weighted by Crippen LogP contribution is -2.26. The van der Waals surface area contributed by atoms with Gasteiger partial charge in [-0.25, -0.2) is 0 Å². The first-order chi connectivity index (χ1) is 26.5. The van der Waals surface area contributed by atoms with Gasteiger partial charge in [0.1, 0.15) is 6.29 Å². The Kier molecular flexibility index (Phi) is 40.7. The van der Waals surface area contributed by atoms with Crippen LogP contribution in [-0.2, 0) is 23.9 Å². The van der Waals surface area contributed by atoms with E-state index in [0.29, 0.717) is 38.5 Å². The third-order valence-corrected chi connectivity index (χ3v) is 10.6. The predicted molar refractivity (Wildman–Crippen MR) is 228 cm³/mol. The van der Waals surface area contributed by atoms with E-state index in [9.17, 15) is 19.5 Å². The molecular formula is C48H88O6. The van der Waals surface area contributed by atoms with E-state index in [1.165, 1.54) is 103 Å². The van der Waals surface area contributed by atoms with Gasteiger partial charge in [0, 0.05) is 25.2 Å². The van der Waals surface area contributed by atoms with Gasteiger partial charge in [-0.1, -0.05) is 167 Å². The second kappa shape index (κ2) is 42.2.